The summed E-state index contributed by atoms with van der Waals surface area (Å²) in [5.74, 6) is -0.130. The molecule has 0 aromatic carbocycles. The van der Waals surface area contributed by atoms with Gasteiger partial charge < -0.3 is 9.47 Å². The van der Waals surface area contributed by atoms with Gasteiger partial charge in [0.1, 0.15) is 0 Å². The lowest BCUT2D eigenvalue weighted by molar-refractivity contribution is -0.143. The predicted octanol–water partition coefficient (Wildman–Crippen LogP) is 1.58. The lowest BCUT2D eigenvalue weighted by Gasteiger charge is -2.29. The van der Waals surface area contributed by atoms with Crippen LogP contribution in [0, 0.1) is 0 Å². The van der Waals surface area contributed by atoms with Crippen LogP contribution in [0.25, 0.3) is 0 Å². The van der Waals surface area contributed by atoms with E-state index >= 15 is 0 Å². The molecule has 0 bridgehead atoms. The maximum absolute atomic E-state index is 11.4. The summed E-state index contributed by atoms with van der Waals surface area (Å²) >= 11 is 0. The Balaban J connectivity index is 1.87. The molecule has 0 aromatic rings. The fourth-order valence-corrected chi connectivity index (χ4v) is 2.89. The van der Waals surface area contributed by atoms with Gasteiger partial charge in [-0.05, 0) is 25.7 Å². The van der Waals surface area contributed by atoms with Gasteiger partial charge in [0.2, 0.25) is 0 Å². The van der Waals surface area contributed by atoms with Crippen LogP contribution in [0.2, 0.25) is 0 Å². The highest BCUT2D eigenvalue weighted by atomic mass is 16.5. The normalized spacial score (nSPS) is 25.6. The summed E-state index contributed by atoms with van der Waals surface area (Å²) < 4.78 is 10.4. The van der Waals surface area contributed by atoms with Crippen LogP contribution in [0.1, 0.15) is 38.5 Å². The van der Waals surface area contributed by atoms with Crippen LogP contribution >= 0.6 is 0 Å². The smallest absolute Gasteiger partial charge is 0.319 e. The maximum atomic E-state index is 11.4. The van der Waals surface area contributed by atoms with E-state index in [2.05, 4.69) is 4.90 Å². The number of ether oxygens (including phenoxy) is 2. The topological polar surface area (TPSA) is 38.8 Å². The largest absolute Gasteiger partial charge is 0.468 e. The molecule has 1 atom stereocenters. The minimum atomic E-state index is -0.130. The van der Waals surface area contributed by atoms with Crippen LogP contribution in [-0.4, -0.2) is 49.8 Å². The minimum absolute atomic E-state index is 0.130. The molecule has 0 amide bonds. The summed E-state index contributed by atoms with van der Waals surface area (Å²) in [6.07, 6.45) is 7.60. The van der Waals surface area contributed by atoms with Gasteiger partial charge in [-0.15, -0.1) is 0 Å². The molecule has 2 aliphatic rings. The molecule has 1 saturated carbocycles. The van der Waals surface area contributed by atoms with Gasteiger partial charge in [0.15, 0.2) is 0 Å². The summed E-state index contributed by atoms with van der Waals surface area (Å²) in [6.45, 7) is 2.18. The van der Waals surface area contributed by atoms with Crippen LogP contribution < -0.4 is 0 Å². The average molecular weight is 241 g/mol. The Bertz CT molecular complexity index is 245. The van der Waals surface area contributed by atoms with Crippen molar-refractivity contribution >= 4 is 5.97 Å². The van der Waals surface area contributed by atoms with Crippen LogP contribution in [0.15, 0.2) is 0 Å². The molecule has 1 aliphatic carbocycles. The van der Waals surface area contributed by atoms with E-state index in [-0.39, 0.29) is 5.97 Å². The van der Waals surface area contributed by atoms with E-state index in [0.717, 1.165) is 26.0 Å². The van der Waals surface area contributed by atoms with Crippen molar-refractivity contribution in [2.45, 2.75) is 50.7 Å². The summed E-state index contributed by atoms with van der Waals surface area (Å²) in [4.78, 5) is 13.7. The number of carbonyl (C=O) groups is 1. The van der Waals surface area contributed by atoms with Crippen LogP contribution in [0.3, 0.4) is 0 Å². The Morgan fingerprint density at radius 1 is 1.29 bits per heavy atom. The molecule has 1 heterocycles. The number of hydrogen-bond acceptors (Lipinski definition) is 4. The molecule has 0 aromatic heterocycles. The van der Waals surface area contributed by atoms with E-state index in [1.54, 1.807) is 0 Å². The average Bonchev–Trinajstić information content (AvgIpc) is 3.00. The van der Waals surface area contributed by atoms with Gasteiger partial charge in [0.05, 0.1) is 19.8 Å². The predicted molar refractivity (Wildman–Crippen MR) is 64.8 cm³/mol. The number of rotatable bonds is 5. The number of methoxy groups -OCH3 is 1. The van der Waals surface area contributed by atoms with Gasteiger partial charge in [-0.1, -0.05) is 12.8 Å². The Labute approximate surface area is 103 Å². The van der Waals surface area contributed by atoms with Crippen LogP contribution in [0.4, 0.5) is 0 Å². The lowest BCUT2D eigenvalue weighted by Crippen LogP contribution is -2.42. The fraction of sp³-hybridized carbons (Fsp3) is 0.923. The second-order valence-corrected chi connectivity index (χ2v) is 5.08. The third-order valence-electron chi connectivity index (χ3n) is 3.86. The molecule has 0 spiro atoms. The molecular weight excluding hydrogens is 218 g/mol. The molecule has 1 saturated heterocycles. The minimum Gasteiger partial charge on any atom is -0.468 e. The van der Waals surface area contributed by atoms with E-state index in [9.17, 15) is 4.79 Å². The maximum Gasteiger partial charge on any atom is 0.319 e. The SMILES string of the molecule is COC(=O)CN(CC1CCCO1)C1CCCC1. The first-order valence-electron chi connectivity index (χ1n) is 6.72. The molecule has 2 fully saturated rings. The Morgan fingerprint density at radius 3 is 2.65 bits per heavy atom. The van der Waals surface area contributed by atoms with E-state index in [4.69, 9.17) is 9.47 Å². The molecule has 0 N–H and O–H groups in total. The van der Waals surface area contributed by atoms with Gasteiger partial charge >= 0.3 is 5.97 Å². The highest BCUT2D eigenvalue weighted by Crippen LogP contribution is 2.25. The standard InChI is InChI=1S/C13H23NO3/c1-16-13(15)10-14(11-5-2-3-6-11)9-12-7-4-8-17-12/h11-12H,2-10H2,1H3. The Morgan fingerprint density at radius 2 is 2.06 bits per heavy atom. The monoisotopic (exact) mass is 241 g/mol. The van der Waals surface area contributed by atoms with E-state index in [1.165, 1.54) is 32.8 Å². The van der Waals surface area contributed by atoms with Gasteiger partial charge in [-0.2, -0.15) is 0 Å². The first-order chi connectivity index (χ1) is 8.29. The van der Waals surface area contributed by atoms with Crippen molar-refractivity contribution in [1.29, 1.82) is 0 Å². The molecule has 0 radical (unpaired) electrons. The van der Waals surface area contributed by atoms with Crippen molar-refractivity contribution in [3.05, 3.63) is 0 Å². The highest BCUT2D eigenvalue weighted by molar-refractivity contribution is 5.71. The van der Waals surface area contributed by atoms with Gasteiger partial charge in [-0.25, -0.2) is 0 Å². The van der Waals surface area contributed by atoms with Gasteiger partial charge in [0.25, 0.3) is 0 Å². The van der Waals surface area contributed by atoms with E-state index in [0.29, 0.717) is 18.7 Å². The molecule has 1 unspecified atom stereocenters. The second-order valence-electron chi connectivity index (χ2n) is 5.08. The van der Waals surface area contributed by atoms with Gasteiger partial charge in [0, 0.05) is 19.2 Å². The van der Waals surface area contributed by atoms with E-state index in [1.807, 2.05) is 0 Å². The lowest BCUT2D eigenvalue weighted by atomic mass is 10.1. The molecule has 2 rings (SSSR count). The van der Waals surface area contributed by atoms with Crippen LogP contribution in [-0.2, 0) is 14.3 Å². The fourth-order valence-electron chi connectivity index (χ4n) is 2.89. The summed E-state index contributed by atoms with van der Waals surface area (Å²) in [7, 11) is 1.46. The molecule has 1 aliphatic heterocycles. The summed E-state index contributed by atoms with van der Waals surface area (Å²) in [5.41, 5.74) is 0. The summed E-state index contributed by atoms with van der Waals surface area (Å²) in [5, 5.41) is 0. The molecule has 4 nitrogen and oxygen atoms in total. The van der Waals surface area contributed by atoms with Crippen LogP contribution in [0.5, 0.6) is 0 Å². The molecule has 4 heteroatoms. The zero-order chi connectivity index (χ0) is 12.1. The van der Waals surface area contributed by atoms with Crippen molar-refractivity contribution < 1.29 is 14.3 Å². The highest BCUT2D eigenvalue weighted by Gasteiger charge is 2.28. The van der Waals surface area contributed by atoms with Gasteiger partial charge in [-0.3, -0.25) is 9.69 Å². The number of carbonyl (C=O) groups excluding carboxylic acids is 1. The second kappa shape index (κ2) is 6.36. The first kappa shape index (κ1) is 12.8. The van der Waals surface area contributed by atoms with Crippen molar-refractivity contribution in [2.24, 2.45) is 0 Å². The third-order valence-corrected chi connectivity index (χ3v) is 3.86. The Hall–Kier alpha value is -0.610. The third kappa shape index (κ3) is 3.68. The number of nitrogens with zero attached hydrogens (tertiary/aromatic N) is 1. The van der Waals surface area contributed by atoms with Crippen molar-refractivity contribution in [3.8, 4) is 0 Å². The quantitative estimate of drug-likeness (QED) is 0.685. The zero-order valence-electron chi connectivity index (χ0n) is 10.7. The van der Waals surface area contributed by atoms with Crippen molar-refractivity contribution in [1.82, 2.24) is 4.90 Å². The molecular formula is C13H23NO3. The Kier molecular flexibility index (Phi) is 4.80. The van der Waals surface area contributed by atoms with Crippen molar-refractivity contribution in [2.75, 3.05) is 26.8 Å². The van der Waals surface area contributed by atoms with Crippen molar-refractivity contribution in [3.63, 3.8) is 0 Å². The number of esters is 1. The zero-order valence-corrected chi connectivity index (χ0v) is 10.7. The van der Waals surface area contributed by atoms with E-state index < -0.39 is 0 Å². The molecule has 98 valence electrons. The molecule has 17 heavy (non-hydrogen) atoms. The number of hydrogen-bond donors (Lipinski definition) is 0. The summed E-state index contributed by atoms with van der Waals surface area (Å²) in [6, 6.07) is 0.554. The first-order valence-corrected chi connectivity index (χ1v) is 6.72.